The number of fused-ring (bicyclic) bond motifs is 1. The number of amides is 2. The molecule has 1 heterocycles. The Labute approximate surface area is 154 Å². The van der Waals surface area contributed by atoms with Crippen LogP contribution in [0.25, 0.3) is 0 Å². The Balaban J connectivity index is 2.16. The Hall–Kier alpha value is -2.47. The minimum atomic E-state index is -1.86. The van der Waals surface area contributed by atoms with Gasteiger partial charge in [-0.3, -0.25) is 4.79 Å². The van der Waals surface area contributed by atoms with E-state index >= 15 is 0 Å². The summed E-state index contributed by atoms with van der Waals surface area (Å²) in [6, 6.07) is 8.44. The van der Waals surface area contributed by atoms with Gasteiger partial charge in [-0.05, 0) is 56.7 Å². The van der Waals surface area contributed by atoms with E-state index in [1.54, 1.807) is 20.8 Å². The number of halogens is 3. The van der Waals surface area contributed by atoms with Crippen molar-refractivity contribution in [2.75, 3.05) is 4.90 Å². The van der Waals surface area contributed by atoms with Crippen LogP contribution in [0.4, 0.5) is 19.3 Å². The van der Waals surface area contributed by atoms with Gasteiger partial charge >= 0.3 is 6.09 Å². The van der Waals surface area contributed by atoms with Crippen LogP contribution in [0.15, 0.2) is 42.5 Å². The lowest BCUT2D eigenvalue weighted by Gasteiger charge is -2.25. The van der Waals surface area contributed by atoms with Gasteiger partial charge in [-0.25, -0.2) is 18.5 Å². The molecule has 0 radical (unpaired) electrons. The SMILES string of the molecule is CC(C)(C)OC(=O)N1C(=O)[C@@](Cl)(c2ccc(F)cc2)c2cc(F)ccc21. The second-order valence-corrected chi connectivity index (χ2v) is 7.51. The molecule has 0 saturated heterocycles. The molecule has 0 N–H and O–H groups in total. The third kappa shape index (κ3) is 2.94. The Kier molecular flexibility index (Phi) is 4.27. The molecule has 0 aliphatic carbocycles. The number of ether oxygens (including phenoxy) is 1. The largest absolute Gasteiger partial charge is 0.443 e. The minimum absolute atomic E-state index is 0.0987. The van der Waals surface area contributed by atoms with Crippen molar-refractivity contribution in [3.05, 3.63) is 65.2 Å². The van der Waals surface area contributed by atoms with Gasteiger partial charge in [-0.1, -0.05) is 23.7 Å². The fourth-order valence-electron chi connectivity index (χ4n) is 2.81. The molecular formula is C19H16ClF2NO3. The summed E-state index contributed by atoms with van der Waals surface area (Å²) in [5.41, 5.74) is -0.388. The number of benzene rings is 2. The van der Waals surface area contributed by atoms with E-state index in [0.717, 1.165) is 29.2 Å². The number of nitrogens with zero attached hydrogens (tertiary/aromatic N) is 1. The van der Waals surface area contributed by atoms with Crippen molar-refractivity contribution in [3.63, 3.8) is 0 Å². The van der Waals surface area contributed by atoms with Crippen LogP contribution in [0.2, 0.25) is 0 Å². The summed E-state index contributed by atoms with van der Waals surface area (Å²) in [6.07, 6.45) is -0.917. The van der Waals surface area contributed by atoms with E-state index in [4.69, 9.17) is 16.3 Å². The van der Waals surface area contributed by atoms with Crippen LogP contribution in [-0.4, -0.2) is 17.6 Å². The predicted molar refractivity (Wildman–Crippen MR) is 93.2 cm³/mol. The van der Waals surface area contributed by atoms with Crippen molar-refractivity contribution in [2.45, 2.75) is 31.2 Å². The highest BCUT2D eigenvalue weighted by Crippen LogP contribution is 2.49. The second-order valence-electron chi connectivity index (χ2n) is 6.95. The molecule has 2 aromatic rings. The fraction of sp³-hybridized carbons (Fsp3) is 0.263. The van der Waals surface area contributed by atoms with E-state index in [2.05, 4.69) is 0 Å². The van der Waals surface area contributed by atoms with Crippen molar-refractivity contribution < 1.29 is 23.1 Å². The lowest BCUT2D eigenvalue weighted by Crippen LogP contribution is -2.43. The van der Waals surface area contributed by atoms with Gasteiger partial charge in [0.15, 0.2) is 4.87 Å². The summed E-state index contributed by atoms with van der Waals surface area (Å²) in [4.78, 5) is 24.6. The zero-order valence-electron chi connectivity index (χ0n) is 14.3. The Bertz CT molecular complexity index is 893. The Morgan fingerprint density at radius 1 is 1.08 bits per heavy atom. The van der Waals surface area contributed by atoms with Gasteiger partial charge in [0, 0.05) is 5.56 Å². The molecule has 1 aliphatic heterocycles. The van der Waals surface area contributed by atoms with Crippen LogP contribution >= 0.6 is 11.6 Å². The quantitative estimate of drug-likeness (QED) is 0.673. The van der Waals surface area contributed by atoms with Crippen LogP contribution in [-0.2, 0) is 14.4 Å². The zero-order chi connectivity index (χ0) is 19.3. The number of imide groups is 1. The molecule has 0 bridgehead atoms. The van der Waals surface area contributed by atoms with Crippen molar-refractivity contribution in [2.24, 2.45) is 0 Å². The maximum absolute atomic E-state index is 13.8. The van der Waals surface area contributed by atoms with Crippen molar-refractivity contribution in [1.29, 1.82) is 0 Å². The first-order valence-electron chi connectivity index (χ1n) is 7.86. The van der Waals surface area contributed by atoms with Crippen LogP contribution in [0.5, 0.6) is 0 Å². The molecule has 4 nitrogen and oxygen atoms in total. The molecule has 2 amide bonds. The summed E-state index contributed by atoms with van der Waals surface area (Å²) in [6.45, 7) is 4.97. The number of alkyl halides is 1. The summed E-state index contributed by atoms with van der Waals surface area (Å²) in [5.74, 6) is -1.93. The highest BCUT2D eigenvalue weighted by atomic mass is 35.5. The molecule has 3 rings (SSSR count). The maximum Gasteiger partial charge on any atom is 0.421 e. The highest BCUT2D eigenvalue weighted by molar-refractivity contribution is 6.44. The van der Waals surface area contributed by atoms with Crippen LogP contribution in [0.1, 0.15) is 31.9 Å². The topological polar surface area (TPSA) is 46.6 Å². The van der Waals surface area contributed by atoms with Gasteiger partial charge in [0.25, 0.3) is 5.91 Å². The second kappa shape index (κ2) is 6.06. The number of carbonyl (C=O) groups is 2. The Morgan fingerprint density at radius 3 is 2.23 bits per heavy atom. The Morgan fingerprint density at radius 2 is 1.65 bits per heavy atom. The van der Waals surface area contributed by atoms with Gasteiger partial charge < -0.3 is 4.74 Å². The van der Waals surface area contributed by atoms with E-state index < -0.39 is 34.1 Å². The van der Waals surface area contributed by atoms with E-state index in [9.17, 15) is 18.4 Å². The average molecular weight is 380 g/mol. The summed E-state index contributed by atoms with van der Waals surface area (Å²) >= 11 is 6.62. The van der Waals surface area contributed by atoms with Crippen LogP contribution in [0.3, 0.4) is 0 Å². The molecule has 136 valence electrons. The molecule has 0 fully saturated rings. The van der Waals surface area contributed by atoms with Gasteiger partial charge in [-0.15, -0.1) is 0 Å². The number of carbonyl (C=O) groups excluding carboxylic acids is 2. The van der Waals surface area contributed by atoms with Crippen molar-refractivity contribution in [1.82, 2.24) is 0 Å². The molecule has 1 aliphatic rings. The number of hydrogen-bond donors (Lipinski definition) is 0. The monoisotopic (exact) mass is 379 g/mol. The molecule has 7 heteroatoms. The molecule has 1 atom stereocenters. The third-order valence-corrected chi connectivity index (χ3v) is 4.47. The summed E-state index contributed by atoms with van der Waals surface area (Å²) in [5, 5.41) is 0. The lowest BCUT2D eigenvalue weighted by atomic mass is 9.91. The van der Waals surface area contributed by atoms with E-state index in [1.165, 1.54) is 18.2 Å². The molecule has 0 saturated carbocycles. The highest BCUT2D eigenvalue weighted by Gasteiger charge is 2.54. The van der Waals surface area contributed by atoms with Gasteiger partial charge in [-0.2, -0.15) is 0 Å². The van der Waals surface area contributed by atoms with Gasteiger partial charge in [0.05, 0.1) is 5.69 Å². The molecular weight excluding hydrogens is 364 g/mol. The summed E-state index contributed by atoms with van der Waals surface area (Å²) in [7, 11) is 0. The van der Waals surface area contributed by atoms with E-state index in [-0.39, 0.29) is 16.8 Å². The fourth-order valence-corrected chi connectivity index (χ4v) is 3.17. The molecule has 0 spiro atoms. The number of anilines is 1. The number of rotatable bonds is 1. The van der Waals surface area contributed by atoms with Crippen molar-refractivity contribution >= 4 is 29.3 Å². The molecule has 26 heavy (non-hydrogen) atoms. The van der Waals surface area contributed by atoms with Crippen molar-refractivity contribution in [3.8, 4) is 0 Å². The van der Waals surface area contributed by atoms with E-state index in [0.29, 0.717) is 0 Å². The lowest BCUT2D eigenvalue weighted by molar-refractivity contribution is -0.119. The smallest absolute Gasteiger partial charge is 0.421 e. The predicted octanol–water partition coefficient (Wildman–Crippen LogP) is 4.73. The summed E-state index contributed by atoms with van der Waals surface area (Å²) < 4.78 is 32.4. The van der Waals surface area contributed by atoms with Crippen LogP contribution in [0, 0.1) is 11.6 Å². The minimum Gasteiger partial charge on any atom is -0.443 e. The third-order valence-electron chi connectivity index (χ3n) is 3.89. The van der Waals surface area contributed by atoms with E-state index in [1.807, 2.05) is 0 Å². The standard InChI is InChI=1S/C19H16ClF2NO3/c1-18(2,3)26-17(25)23-15-9-8-13(22)10-14(15)19(20,16(23)24)11-4-6-12(21)7-5-11/h4-10H,1-3H3/t19-/m1/s1. The molecule has 2 aromatic carbocycles. The van der Waals surface area contributed by atoms with Gasteiger partial charge in [0.1, 0.15) is 17.2 Å². The average Bonchev–Trinajstić information content (AvgIpc) is 2.75. The molecule has 0 aromatic heterocycles. The first-order chi connectivity index (χ1) is 12.0. The first kappa shape index (κ1) is 18.3. The molecule has 0 unspecified atom stereocenters. The van der Waals surface area contributed by atoms with Gasteiger partial charge in [0.2, 0.25) is 0 Å². The first-order valence-corrected chi connectivity index (χ1v) is 8.24. The number of hydrogen-bond acceptors (Lipinski definition) is 3. The normalized spacial score (nSPS) is 19.5. The van der Waals surface area contributed by atoms with Crippen LogP contribution < -0.4 is 4.90 Å². The zero-order valence-corrected chi connectivity index (χ0v) is 15.1. The maximum atomic E-state index is 13.8.